The number of aromatic nitrogens is 1. The van der Waals surface area contributed by atoms with Gasteiger partial charge in [-0.1, -0.05) is 18.2 Å². The average molecular weight is 160 g/mol. The van der Waals surface area contributed by atoms with E-state index in [1.54, 1.807) is 0 Å². The lowest BCUT2D eigenvalue weighted by Crippen LogP contribution is -2.03. The SMILES string of the molecule is C[C@H](N)c1c[nH]c2ccccc12. The Morgan fingerprint density at radius 3 is 2.83 bits per heavy atom. The molecule has 2 heteroatoms. The van der Waals surface area contributed by atoms with Gasteiger partial charge in [0.1, 0.15) is 0 Å². The van der Waals surface area contributed by atoms with Gasteiger partial charge in [0.2, 0.25) is 0 Å². The van der Waals surface area contributed by atoms with Crippen molar-refractivity contribution in [2.75, 3.05) is 0 Å². The Morgan fingerprint density at radius 1 is 1.33 bits per heavy atom. The molecule has 2 rings (SSSR count). The van der Waals surface area contributed by atoms with E-state index in [0.29, 0.717) is 0 Å². The Labute approximate surface area is 71.4 Å². The lowest BCUT2D eigenvalue weighted by molar-refractivity contribution is 0.826. The van der Waals surface area contributed by atoms with Crippen LogP contribution in [0, 0.1) is 0 Å². The molecule has 2 aromatic rings. The van der Waals surface area contributed by atoms with Gasteiger partial charge in [-0.2, -0.15) is 0 Å². The van der Waals surface area contributed by atoms with E-state index in [-0.39, 0.29) is 6.04 Å². The minimum absolute atomic E-state index is 0.0983. The molecule has 1 aromatic carbocycles. The monoisotopic (exact) mass is 160 g/mol. The van der Waals surface area contributed by atoms with Gasteiger partial charge in [0, 0.05) is 23.1 Å². The molecule has 0 unspecified atom stereocenters. The first-order valence-electron chi connectivity index (χ1n) is 4.10. The predicted octanol–water partition coefficient (Wildman–Crippen LogP) is 2.19. The maximum atomic E-state index is 5.80. The number of rotatable bonds is 1. The molecule has 12 heavy (non-hydrogen) atoms. The maximum Gasteiger partial charge on any atom is 0.0457 e. The summed E-state index contributed by atoms with van der Waals surface area (Å²) in [4.78, 5) is 3.19. The highest BCUT2D eigenvalue weighted by Crippen LogP contribution is 2.21. The minimum Gasteiger partial charge on any atom is -0.361 e. The van der Waals surface area contributed by atoms with Gasteiger partial charge in [-0.05, 0) is 18.6 Å². The van der Waals surface area contributed by atoms with Crippen LogP contribution in [0.4, 0.5) is 0 Å². The van der Waals surface area contributed by atoms with E-state index in [9.17, 15) is 0 Å². The van der Waals surface area contributed by atoms with Crippen LogP contribution in [0.25, 0.3) is 10.9 Å². The van der Waals surface area contributed by atoms with Gasteiger partial charge in [-0.15, -0.1) is 0 Å². The fourth-order valence-electron chi connectivity index (χ4n) is 1.47. The first-order valence-corrected chi connectivity index (χ1v) is 4.10. The largest absolute Gasteiger partial charge is 0.361 e. The Kier molecular flexibility index (Phi) is 1.62. The number of nitrogens with two attached hydrogens (primary N) is 1. The van der Waals surface area contributed by atoms with E-state index < -0.39 is 0 Å². The zero-order chi connectivity index (χ0) is 8.55. The summed E-state index contributed by atoms with van der Waals surface area (Å²) < 4.78 is 0. The van der Waals surface area contributed by atoms with Crippen LogP contribution < -0.4 is 5.73 Å². The Hall–Kier alpha value is -1.28. The molecule has 0 aliphatic rings. The van der Waals surface area contributed by atoms with Gasteiger partial charge in [0.15, 0.2) is 0 Å². The fraction of sp³-hybridized carbons (Fsp3) is 0.200. The van der Waals surface area contributed by atoms with Crippen LogP contribution in [-0.2, 0) is 0 Å². The molecule has 0 radical (unpaired) electrons. The van der Waals surface area contributed by atoms with Crippen molar-refractivity contribution in [1.82, 2.24) is 4.98 Å². The number of hydrogen-bond donors (Lipinski definition) is 2. The molecule has 62 valence electrons. The number of hydrogen-bond acceptors (Lipinski definition) is 1. The van der Waals surface area contributed by atoms with Crippen molar-refractivity contribution in [1.29, 1.82) is 0 Å². The number of fused-ring (bicyclic) bond motifs is 1. The van der Waals surface area contributed by atoms with Crippen LogP contribution in [0.1, 0.15) is 18.5 Å². The highest BCUT2D eigenvalue weighted by atomic mass is 14.7. The summed E-state index contributed by atoms with van der Waals surface area (Å²) in [5.74, 6) is 0. The van der Waals surface area contributed by atoms with Gasteiger partial charge < -0.3 is 10.7 Å². The Bertz CT molecular complexity index is 387. The molecule has 0 saturated heterocycles. The van der Waals surface area contributed by atoms with Crippen molar-refractivity contribution in [3.8, 4) is 0 Å². The molecule has 0 spiro atoms. The van der Waals surface area contributed by atoms with Crippen molar-refractivity contribution in [3.05, 3.63) is 36.0 Å². The summed E-state index contributed by atoms with van der Waals surface area (Å²) in [6.07, 6.45) is 1.98. The van der Waals surface area contributed by atoms with E-state index in [0.717, 1.165) is 5.52 Å². The first kappa shape index (κ1) is 7.37. The number of H-pyrrole nitrogens is 1. The number of para-hydroxylation sites is 1. The zero-order valence-electron chi connectivity index (χ0n) is 7.04. The third-order valence-corrected chi connectivity index (χ3v) is 2.11. The van der Waals surface area contributed by atoms with Crippen LogP contribution in [0.2, 0.25) is 0 Å². The second-order valence-electron chi connectivity index (χ2n) is 3.08. The van der Waals surface area contributed by atoms with E-state index in [1.165, 1.54) is 10.9 Å². The lowest BCUT2D eigenvalue weighted by Gasteiger charge is -2.01. The minimum atomic E-state index is 0.0983. The van der Waals surface area contributed by atoms with Crippen LogP contribution in [0.3, 0.4) is 0 Å². The highest BCUT2D eigenvalue weighted by Gasteiger charge is 2.05. The number of aromatic amines is 1. The van der Waals surface area contributed by atoms with Crippen molar-refractivity contribution in [2.24, 2.45) is 5.73 Å². The van der Waals surface area contributed by atoms with E-state index in [2.05, 4.69) is 17.1 Å². The molecule has 0 amide bonds. The third-order valence-electron chi connectivity index (χ3n) is 2.11. The van der Waals surface area contributed by atoms with E-state index >= 15 is 0 Å². The topological polar surface area (TPSA) is 41.8 Å². The number of nitrogens with one attached hydrogen (secondary N) is 1. The Balaban J connectivity index is 2.70. The molecule has 0 bridgehead atoms. The molecule has 2 nitrogen and oxygen atoms in total. The van der Waals surface area contributed by atoms with Gasteiger partial charge in [0.05, 0.1) is 0 Å². The van der Waals surface area contributed by atoms with Gasteiger partial charge in [-0.3, -0.25) is 0 Å². The summed E-state index contributed by atoms with van der Waals surface area (Å²) in [5, 5.41) is 1.23. The van der Waals surface area contributed by atoms with Crippen molar-refractivity contribution < 1.29 is 0 Å². The molecular formula is C10H12N2. The zero-order valence-corrected chi connectivity index (χ0v) is 7.04. The van der Waals surface area contributed by atoms with E-state index in [1.807, 2.05) is 25.3 Å². The smallest absolute Gasteiger partial charge is 0.0457 e. The summed E-state index contributed by atoms with van der Waals surface area (Å²) >= 11 is 0. The van der Waals surface area contributed by atoms with Crippen molar-refractivity contribution >= 4 is 10.9 Å². The van der Waals surface area contributed by atoms with Gasteiger partial charge in [-0.25, -0.2) is 0 Å². The molecular weight excluding hydrogens is 148 g/mol. The molecule has 1 atom stereocenters. The molecule has 3 N–H and O–H groups in total. The molecule has 0 fully saturated rings. The fourth-order valence-corrected chi connectivity index (χ4v) is 1.47. The summed E-state index contributed by atoms with van der Waals surface area (Å²) in [7, 11) is 0. The van der Waals surface area contributed by atoms with Crippen molar-refractivity contribution in [2.45, 2.75) is 13.0 Å². The Morgan fingerprint density at radius 2 is 2.08 bits per heavy atom. The van der Waals surface area contributed by atoms with E-state index in [4.69, 9.17) is 5.73 Å². The van der Waals surface area contributed by atoms with Gasteiger partial charge in [0.25, 0.3) is 0 Å². The normalized spacial score (nSPS) is 13.5. The second-order valence-corrected chi connectivity index (χ2v) is 3.08. The van der Waals surface area contributed by atoms with Crippen LogP contribution in [0.5, 0.6) is 0 Å². The maximum absolute atomic E-state index is 5.80. The lowest BCUT2D eigenvalue weighted by atomic mass is 10.1. The van der Waals surface area contributed by atoms with Crippen LogP contribution >= 0.6 is 0 Å². The first-order chi connectivity index (χ1) is 5.79. The molecule has 1 aromatic heterocycles. The molecule has 0 saturated carbocycles. The standard InChI is InChI=1S/C10H12N2/c1-7(11)9-6-12-10-5-3-2-4-8(9)10/h2-7,12H,11H2,1H3/t7-/m0/s1. The summed E-state index contributed by atoms with van der Waals surface area (Å²) in [5.41, 5.74) is 8.15. The molecule has 1 heterocycles. The predicted molar refractivity (Wildman–Crippen MR) is 50.9 cm³/mol. The quantitative estimate of drug-likeness (QED) is 0.659. The van der Waals surface area contributed by atoms with Gasteiger partial charge >= 0.3 is 0 Å². The molecule has 0 aliphatic carbocycles. The van der Waals surface area contributed by atoms with Crippen LogP contribution in [0.15, 0.2) is 30.5 Å². The van der Waals surface area contributed by atoms with Crippen molar-refractivity contribution in [3.63, 3.8) is 0 Å². The summed E-state index contributed by atoms with van der Waals surface area (Å²) in [6, 6.07) is 8.29. The van der Waals surface area contributed by atoms with Crippen LogP contribution in [-0.4, -0.2) is 4.98 Å². The molecule has 0 aliphatic heterocycles. The second kappa shape index (κ2) is 2.64. The number of benzene rings is 1. The highest BCUT2D eigenvalue weighted by molar-refractivity contribution is 5.83. The average Bonchev–Trinajstić information content (AvgIpc) is 2.47. The third kappa shape index (κ3) is 1.01. The summed E-state index contributed by atoms with van der Waals surface area (Å²) in [6.45, 7) is 2.00.